The van der Waals surface area contributed by atoms with E-state index in [9.17, 15) is 43.2 Å². The van der Waals surface area contributed by atoms with Gasteiger partial charge in [0, 0.05) is 25.7 Å². The number of aliphatic hydroxyl groups is 1. The smallest absolute Gasteiger partial charge is 0.462 e. The molecule has 0 amide bonds. The average Bonchev–Trinajstić information content (AvgIpc) is 0.901. The van der Waals surface area contributed by atoms with Crippen LogP contribution < -0.4 is 0 Å². The number of hydrogen-bond acceptors (Lipinski definition) is 15. The van der Waals surface area contributed by atoms with Crippen LogP contribution in [0.3, 0.4) is 0 Å². The molecule has 0 aliphatic rings. The fourth-order valence-corrected chi connectivity index (χ4v) is 15.2. The summed E-state index contributed by atoms with van der Waals surface area (Å²) in [4.78, 5) is 73.3. The van der Waals surface area contributed by atoms with E-state index in [4.69, 9.17) is 37.0 Å². The molecule has 19 heteroatoms. The maximum atomic E-state index is 13.2. The predicted octanol–water partition coefficient (Wildman–Crippen LogP) is 26.7. The SMILES string of the molecule is CCC(C)CCCCCCCCCCCCCCCCC(=O)O[C@H](COC(=O)CCCCCCCCCCCCCCCCCCCCC(C)C)COP(=O)(O)OC[C@@H](O)COP(=O)(O)OC[C@@H](COC(=O)CCCCCCCCC(C)CC)OC(=O)CCCCCCCCCCCCCCCCCC(C)C. The molecule has 3 N–H and O–H groups in total. The maximum Gasteiger partial charge on any atom is 0.472 e. The van der Waals surface area contributed by atoms with Gasteiger partial charge in [0.2, 0.25) is 0 Å². The first-order valence-corrected chi connectivity index (χ1v) is 48.3. The average molecular weight is 1560 g/mol. The summed E-state index contributed by atoms with van der Waals surface area (Å²) >= 11 is 0. The van der Waals surface area contributed by atoms with Crippen molar-refractivity contribution in [2.75, 3.05) is 39.6 Å². The Morgan fingerprint density at radius 2 is 0.449 bits per heavy atom. The van der Waals surface area contributed by atoms with Crippen molar-refractivity contribution in [1.82, 2.24) is 0 Å². The summed E-state index contributed by atoms with van der Waals surface area (Å²) in [6, 6.07) is 0. The molecule has 0 aromatic rings. The van der Waals surface area contributed by atoms with Crippen LogP contribution in [0.1, 0.15) is 460 Å². The number of hydrogen-bond donors (Lipinski definition) is 3. The minimum atomic E-state index is -4.97. The van der Waals surface area contributed by atoms with E-state index in [0.29, 0.717) is 25.7 Å². The van der Waals surface area contributed by atoms with Gasteiger partial charge in [-0.3, -0.25) is 37.3 Å². The Balaban J connectivity index is 5.23. The van der Waals surface area contributed by atoms with Crippen molar-refractivity contribution in [2.24, 2.45) is 23.7 Å². The second-order valence-electron chi connectivity index (χ2n) is 33.1. The summed E-state index contributed by atoms with van der Waals surface area (Å²) in [5.74, 6) is 1.10. The summed E-state index contributed by atoms with van der Waals surface area (Å²) < 4.78 is 69.0. The first-order valence-electron chi connectivity index (χ1n) is 45.3. The van der Waals surface area contributed by atoms with Crippen molar-refractivity contribution in [3.63, 3.8) is 0 Å². The van der Waals surface area contributed by atoms with Crippen LogP contribution in [0.15, 0.2) is 0 Å². The van der Waals surface area contributed by atoms with Crippen LogP contribution in [0.2, 0.25) is 0 Å². The van der Waals surface area contributed by atoms with Crippen LogP contribution in [-0.4, -0.2) is 96.7 Å². The molecule has 0 radical (unpaired) electrons. The summed E-state index contributed by atoms with van der Waals surface area (Å²) in [6.45, 7) is 14.4. The quantitative estimate of drug-likeness (QED) is 0.0222. The minimum absolute atomic E-state index is 0.107. The number of esters is 4. The summed E-state index contributed by atoms with van der Waals surface area (Å²) in [5.41, 5.74) is 0. The summed E-state index contributed by atoms with van der Waals surface area (Å²) in [6.07, 6.45) is 66.7. The number of carbonyl (C=O) groups excluding carboxylic acids is 4. The van der Waals surface area contributed by atoms with Crippen molar-refractivity contribution >= 4 is 39.5 Å². The Morgan fingerprint density at radius 3 is 0.664 bits per heavy atom. The van der Waals surface area contributed by atoms with Gasteiger partial charge < -0.3 is 33.8 Å². The Kier molecular flexibility index (Phi) is 75.3. The highest BCUT2D eigenvalue weighted by Gasteiger charge is 2.31. The molecule has 0 saturated heterocycles. The van der Waals surface area contributed by atoms with E-state index in [1.165, 1.54) is 257 Å². The number of phosphoric ester groups is 2. The third-order valence-electron chi connectivity index (χ3n) is 21.3. The predicted molar refractivity (Wildman–Crippen MR) is 441 cm³/mol. The third-order valence-corrected chi connectivity index (χ3v) is 23.2. The van der Waals surface area contributed by atoms with Crippen molar-refractivity contribution in [1.29, 1.82) is 0 Å². The van der Waals surface area contributed by atoms with E-state index in [2.05, 4.69) is 55.4 Å². The maximum absolute atomic E-state index is 13.2. The van der Waals surface area contributed by atoms with Gasteiger partial charge in [-0.05, 0) is 49.4 Å². The summed E-state index contributed by atoms with van der Waals surface area (Å²) in [5, 5.41) is 10.7. The van der Waals surface area contributed by atoms with Crippen molar-refractivity contribution in [3.05, 3.63) is 0 Å². The van der Waals surface area contributed by atoms with E-state index in [1.54, 1.807) is 0 Å². The Bertz CT molecular complexity index is 2080. The topological polar surface area (TPSA) is 237 Å². The highest BCUT2D eigenvalue weighted by molar-refractivity contribution is 7.47. The molecule has 4 unspecified atom stereocenters. The molecule has 7 atom stereocenters. The number of phosphoric acid groups is 2. The van der Waals surface area contributed by atoms with Gasteiger partial charge in [0.25, 0.3) is 0 Å². The van der Waals surface area contributed by atoms with Crippen LogP contribution in [0.4, 0.5) is 0 Å². The lowest BCUT2D eigenvalue weighted by Gasteiger charge is -2.21. The number of ether oxygens (including phenoxy) is 4. The molecule has 0 saturated carbocycles. The van der Waals surface area contributed by atoms with Gasteiger partial charge in [0.05, 0.1) is 26.4 Å². The molecule has 0 spiro atoms. The standard InChI is InChI=1S/C88H172O17P2/c1-9-80(7)66-58-50-42-36-30-24-20-21-27-33-39-45-55-63-70-87(92)104-83(74-98-85(90)68-60-52-43-37-31-25-18-14-12-11-13-16-22-28-34-40-48-56-64-78(3)4)76-102-106(94,95)100-72-82(89)73-101-107(96,97)103-77-84(75-99-86(91)69-61-53-47-46-51-59-67-81(8)10-2)105-88(93)71-62-54-44-38-32-26-19-15-17-23-29-35-41-49-57-65-79(5)6/h78-84,89H,9-77H2,1-8H3,(H,94,95)(H,96,97)/t80?,81?,82-,83-,84-/m1/s1. The van der Waals surface area contributed by atoms with Crippen LogP contribution in [0.5, 0.6) is 0 Å². The first kappa shape index (κ1) is 105. The lowest BCUT2D eigenvalue weighted by atomic mass is 9.99. The molecule has 0 fully saturated rings. The number of rotatable bonds is 85. The second kappa shape index (κ2) is 76.7. The lowest BCUT2D eigenvalue weighted by molar-refractivity contribution is -0.161. The molecule has 0 bridgehead atoms. The molecule has 636 valence electrons. The highest BCUT2D eigenvalue weighted by atomic mass is 31.2. The Hall–Kier alpha value is -1.94. The Morgan fingerprint density at radius 1 is 0.262 bits per heavy atom. The van der Waals surface area contributed by atoms with Crippen molar-refractivity contribution in [2.45, 2.75) is 478 Å². The molecular formula is C88H172O17P2. The molecule has 0 aromatic carbocycles. The first-order chi connectivity index (χ1) is 51.7. The number of aliphatic hydroxyl groups excluding tert-OH is 1. The van der Waals surface area contributed by atoms with Crippen LogP contribution in [-0.2, 0) is 65.4 Å². The van der Waals surface area contributed by atoms with Crippen LogP contribution in [0.25, 0.3) is 0 Å². The molecular weight excluding hydrogens is 1390 g/mol. The lowest BCUT2D eigenvalue weighted by Crippen LogP contribution is -2.30. The zero-order chi connectivity index (χ0) is 78.8. The van der Waals surface area contributed by atoms with Crippen LogP contribution >= 0.6 is 15.6 Å². The molecule has 0 rings (SSSR count). The van der Waals surface area contributed by atoms with E-state index in [0.717, 1.165) is 120 Å². The normalized spacial score (nSPS) is 14.4. The second-order valence-corrected chi connectivity index (χ2v) is 36.0. The molecule has 17 nitrogen and oxygen atoms in total. The molecule has 0 aliphatic heterocycles. The fourth-order valence-electron chi connectivity index (χ4n) is 13.6. The monoisotopic (exact) mass is 1560 g/mol. The van der Waals surface area contributed by atoms with Gasteiger partial charge in [-0.15, -0.1) is 0 Å². The molecule has 0 aromatic heterocycles. The van der Waals surface area contributed by atoms with Gasteiger partial charge >= 0.3 is 39.5 Å². The van der Waals surface area contributed by atoms with Crippen molar-refractivity contribution in [3.8, 4) is 0 Å². The van der Waals surface area contributed by atoms with E-state index >= 15 is 0 Å². The number of unbranched alkanes of at least 4 members (excludes halogenated alkanes) is 49. The summed E-state index contributed by atoms with van der Waals surface area (Å²) in [7, 11) is -9.93. The minimum Gasteiger partial charge on any atom is -0.462 e. The highest BCUT2D eigenvalue weighted by Crippen LogP contribution is 2.45. The number of carbonyl (C=O) groups is 4. The zero-order valence-corrected chi connectivity index (χ0v) is 72.6. The van der Waals surface area contributed by atoms with Gasteiger partial charge in [-0.25, -0.2) is 9.13 Å². The van der Waals surface area contributed by atoms with Gasteiger partial charge in [0.1, 0.15) is 19.3 Å². The van der Waals surface area contributed by atoms with Crippen molar-refractivity contribution < 1.29 is 80.2 Å². The van der Waals surface area contributed by atoms with E-state index in [1.807, 2.05) is 0 Å². The van der Waals surface area contributed by atoms with E-state index < -0.39 is 97.5 Å². The molecule has 0 heterocycles. The van der Waals surface area contributed by atoms with Gasteiger partial charge in [0.15, 0.2) is 12.2 Å². The van der Waals surface area contributed by atoms with Gasteiger partial charge in [-0.1, -0.05) is 409 Å². The molecule has 107 heavy (non-hydrogen) atoms. The Labute approximate surface area is 658 Å². The van der Waals surface area contributed by atoms with Gasteiger partial charge in [-0.2, -0.15) is 0 Å². The zero-order valence-electron chi connectivity index (χ0n) is 70.8. The third kappa shape index (κ3) is 79.1. The largest absolute Gasteiger partial charge is 0.472 e. The molecule has 0 aliphatic carbocycles. The van der Waals surface area contributed by atoms with Crippen LogP contribution in [0, 0.1) is 23.7 Å². The fraction of sp³-hybridized carbons (Fsp3) is 0.955. The van der Waals surface area contributed by atoms with E-state index in [-0.39, 0.29) is 25.7 Å².